The molecule has 7 heavy (non-hydrogen) atoms. The van der Waals surface area contributed by atoms with E-state index in [9.17, 15) is 10.1 Å². The van der Waals surface area contributed by atoms with E-state index in [2.05, 4.69) is 5.41 Å². The van der Waals surface area contributed by atoms with Gasteiger partial charge in [-0.15, -0.1) is 11.8 Å². The molecule has 0 heterocycles. The van der Waals surface area contributed by atoms with E-state index in [-0.39, 0.29) is 0 Å². The van der Waals surface area contributed by atoms with Gasteiger partial charge in [-0.1, -0.05) is 0 Å². The van der Waals surface area contributed by atoms with Crippen molar-refractivity contribution >= 4 is 11.8 Å². The highest BCUT2D eigenvalue weighted by atomic mass is 32.2. The molecule has 0 aromatic rings. The molecule has 0 unspecified atom stereocenters. The first-order valence-electron chi connectivity index (χ1n) is 1.52. The first kappa shape index (κ1) is 6.49. The van der Waals surface area contributed by atoms with Crippen LogP contribution in [0.2, 0.25) is 0 Å². The maximum absolute atomic E-state index is 9.43. The van der Waals surface area contributed by atoms with E-state index >= 15 is 0 Å². The van der Waals surface area contributed by atoms with E-state index in [1.807, 2.05) is 0 Å². The molecule has 3 nitrogen and oxygen atoms in total. The summed E-state index contributed by atoms with van der Waals surface area (Å²) < 4.78 is 0. The maximum atomic E-state index is 9.43. The third kappa shape index (κ3) is 5.49. The summed E-state index contributed by atoms with van der Waals surface area (Å²) in [6.07, 6.45) is 2.49. The topological polar surface area (TPSA) is 43.1 Å². The number of hydrogen-bond donors (Lipinski definition) is 0. The average Bonchev–Trinajstić information content (AvgIpc) is 1.61. The summed E-state index contributed by atoms with van der Waals surface area (Å²) >= 11 is 1.18. The molecular formula is C3H4NO2S. The van der Waals surface area contributed by atoms with E-state index < -0.39 is 4.92 Å². The summed E-state index contributed by atoms with van der Waals surface area (Å²) in [6, 6.07) is 0. The Hall–Kier alpha value is -0.510. The molecule has 0 aliphatic carbocycles. The maximum Gasteiger partial charge on any atom is 0.249 e. The van der Waals surface area contributed by atoms with Crippen molar-refractivity contribution in [2.75, 3.05) is 6.26 Å². The average molecular weight is 118 g/mol. The van der Waals surface area contributed by atoms with Crippen LogP contribution in [0.5, 0.6) is 0 Å². The van der Waals surface area contributed by atoms with Gasteiger partial charge in [0.1, 0.15) is 0 Å². The molecule has 0 aromatic heterocycles. The normalized spacial score (nSPS) is 9.86. The number of rotatable bonds is 2. The molecule has 0 amide bonds. The lowest BCUT2D eigenvalue weighted by molar-refractivity contribution is -0.402. The molecule has 0 aliphatic heterocycles. The van der Waals surface area contributed by atoms with Crippen molar-refractivity contribution in [2.45, 2.75) is 0 Å². The molecule has 0 bridgehead atoms. The van der Waals surface area contributed by atoms with Crippen molar-refractivity contribution in [1.29, 1.82) is 0 Å². The van der Waals surface area contributed by atoms with E-state index in [0.717, 1.165) is 6.20 Å². The third-order valence-electron chi connectivity index (χ3n) is 0.276. The lowest BCUT2D eigenvalue weighted by Gasteiger charge is -1.71. The molecule has 39 valence electrons. The van der Waals surface area contributed by atoms with Gasteiger partial charge >= 0.3 is 0 Å². The summed E-state index contributed by atoms with van der Waals surface area (Å²) in [6.45, 7) is 0. The van der Waals surface area contributed by atoms with Crippen LogP contribution in [-0.2, 0) is 0 Å². The molecule has 0 saturated carbocycles. The quantitative estimate of drug-likeness (QED) is 0.399. The van der Waals surface area contributed by atoms with Crippen LogP contribution in [0, 0.1) is 15.5 Å². The number of hydrogen-bond acceptors (Lipinski definition) is 3. The van der Waals surface area contributed by atoms with Crippen LogP contribution in [0.25, 0.3) is 0 Å². The third-order valence-corrected chi connectivity index (χ3v) is 0.617. The predicted octanol–water partition coefficient (Wildman–Crippen LogP) is 0.900. The molecule has 1 radical (unpaired) electrons. The Morgan fingerprint density at radius 2 is 2.57 bits per heavy atom. The Morgan fingerprint density at radius 1 is 2.00 bits per heavy atom. The van der Waals surface area contributed by atoms with Gasteiger partial charge in [0.2, 0.25) is 6.20 Å². The summed E-state index contributed by atoms with van der Waals surface area (Å²) in [5.41, 5.74) is 0. The van der Waals surface area contributed by atoms with Gasteiger partial charge in [-0.05, 0) is 6.26 Å². The zero-order valence-electron chi connectivity index (χ0n) is 3.75. The number of nitrogens with zero attached hydrogens (tertiary/aromatic N) is 1. The zero-order valence-corrected chi connectivity index (χ0v) is 4.57. The van der Waals surface area contributed by atoms with Gasteiger partial charge in [0.15, 0.2) is 0 Å². The van der Waals surface area contributed by atoms with Crippen LogP contribution in [0.1, 0.15) is 0 Å². The monoisotopic (exact) mass is 118 g/mol. The molecule has 0 spiro atoms. The first-order valence-corrected chi connectivity index (χ1v) is 2.75. The molecule has 0 fully saturated rings. The second-order valence-electron chi connectivity index (χ2n) is 0.736. The zero-order chi connectivity index (χ0) is 5.70. The molecule has 0 aromatic carbocycles. The smallest absolute Gasteiger partial charge is 0.249 e. The van der Waals surface area contributed by atoms with Crippen molar-refractivity contribution in [1.82, 2.24) is 0 Å². The van der Waals surface area contributed by atoms with Crippen LogP contribution in [0.4, 0.5) is 0 Å². The Bertz CT molecular complexity index is 90.9. The van der Waals surface area contributed by atoms with Crippen LogP contribution < -0.4 is 0 Å². The summed E-state index contributed by atoms with van der Waals surface area (Å²) in [5.74, 6) is 0. The summed E-state index contributed by atoms with van der Waals surface area (Å²) in [5, 5.41) is 11.8. The fourth-order valence-corrected chi connectivity index (χ4v) is 0.287. The van der Waals surface area contributed by atoms with Gasteiger partial charge < -0.3 is 0 Å². The molecule has 0 saturated heterocycles. The predicted molar refractivity (Wildman–Crippen MR) is 28.3 cm³/mol. The van der Waals surface area contributed by atoms with Gasteiger partial charge in [-0.25, -0.2) is 0 Å². The van der Waals surface area contributed by atoms with Gasteiger partial charge in [0.25, 0.3) is 0 Å². The number of thioether (sulfide) groups is 1. The SMILES string of the molecule is CS[C]=C[N+](=O)[O-]. The van der Waals surface area contributed by atoms with Crippen molar-refractivity contribution in [2.24, 2.45) is 0 Å². The van der Waals surface area contributed by atoms with Crippen molar-refractivity contribution in [3.05, 3.63) is 21.7 Å². The van der Waals surface area contributed by atoms with Gasteiger partial charge in [-0.3, -0.25) is 10.1 Å². The van der Waals surface area contributed by atoms with E-state index in [4.69, 9.17) is 0 Å². The van der Waals surface area contributed by atoms with E-state index in [1.165, 1.54) is 11.8 Å². The minimum atomic E-state index is -0.545. The van der Waals surface area contributed by atoms with E-state index in [0.29, 0.717) is 0 Å². The Balaban J connectivity index is 3.26. The molecule has 0 atom stereocenters. The second kappa shape index (κ2) is 3.67. The van der Waals surface area contributed by atoms with Crippen LogP contribution >= 0.6 is 11.8 Å². The Kier molecular flexibility index (Phi) is 3.40. The highest BCUT2D eigenvalue weighted by molar-refractivity contribution is 8.00. The number of nitro groups is 1. The van der Waals surface area contributed by atoms with Crippen LogP contribution in [0.3, 0.4) is 0 Å². The van der Waals surface area contributed by atoms with Crippen molar-refractivity contribution in [3.8, 4) is 0 Å². The first-order chi connectivity index (χ1) is 3.27. The van der Waals surface area contributed by atoms with Gasteiger partial charge in [0, 0.05) is 0 Å². The van der Waals surface area contributed by atoms with Gasteiger partial charge in [0.05, 0.1) is 10.3 Å². The van der Waals surface area contributed by atoms with Gasteiger partial charge in [-0.2, -0.15) is 0 Å². The highest BCUT2D eigenvalue weighted by Gasteiger charge is 1.79. The summed E-state index contributed by atoms with van der Waals surface area (Å²) in [7, 11) is 0. The molecule has 0 aliphatic rings. The standard InChI is InChI=1S/C3H4NO2S/c1-7-3-2-4(5)6/h2H,1H3. The fraction of sp³-hybridized carbons (Fsp3) is 0.333. The summed E-state index contributed by atoms with van der Waals surface area (Å²) in [4.78, 5) is 8.89. The Morgan fingerprint density at radius 3 is 2.71 bits per heavy atom. The highest BCUT2D eigenvalue weighted by Crippen LogP contribution is 1.89. The van der Waals surface area contributed by atoms with E-state index in [1.54, 1.807) is 6.26 Å². The molecular weight excluding hydrogens is 114 g/mol. The lowest BCUT2D eigenvalue weighted by Crippen LogP contribution is -1.79. The van der Waals surface area contributed by atoms with Crippen molar-refractivity contribution in [3.63, 3.8) is 0 Å². The van der Waals surface area contributed by atoms with Crippen LogP contribution in [-0.4, -0.2) is 11.2 Å². The minimum absolute atomic E-state index is 0.545. The second-order valence-corrected chi connectivity index (χ2v) is 1.38. The Labute approximate surface area is 45.6 Å². The fourth-order valence-electron chi connectivity index (χ4n) is 0.0957. The largest absolute Gasteiger partial charge is 0.259 e. The minimum Gasteiger partial charge on any atom is -0.259 e. The van der Waals surface area contributed by atoms with Crippen molar-refractivity contribution < 1.29 is 4.92 Å². The molecule has 4 heteroatoms. The van der Waals surface area contributed by atoms with Crippen LogP contribution in [0.15, 0.2) is 6.20 Å². The molecule has 0 N–H and O–H groups in total. The molecule has 0 rings (SSSR count). The lowest BCUT2D eigenvalue weighted by atomic mass is 11.1.